The van der Waals surface area contributed by atoms with Gasteiger partial charge in [0.05, 0.1) is 30.9 Å². The second-order valence-corrected chi connectivity index (χ2v) is 36.8. The summed E-state index contributed by atoms with van der Waals surface area (Å²) in [7, 11) is 3.62. The number of nitrogens with zero attached hydrogens (tertiary/aromatic N) is 5. The van der Waals surface area contributed by atoms with Crippen molar-refractivity contribution in [3.63, 3.8) is 0 Å². The quantitative estimate of drug-likeness (QED) is 0.0406. The molecule has 41 heteroatoms. The van der Waals surface area contributed by atoms with Gasteiger partial charge in [0.1, 0.15) is 90.0 Å². The number of aromatic amines is 1. The number of carboxylic acid groups (broad SMARTS) is 1. The van der Waals surface area contributed by atoms with Crippen LogP contribution >= 0.6 is 11.8 Å². The molecule has 0 spiro atoms. The number of phenolic OH excluding ortho intramolecular Hbond substituents is 2. The smallest absolute Gasteiger partial charge is 0.305 e. The normalized spacial score (nSPS) is 24.2. The van der Waals surface area contributed by atoms with Crippen LogP contribution in [0.5, 0.6) is 11.5 Å². The predicted molar refractivity (Wildman–Crippen MR) is 499 cm³/mol. The Hall–Kier alpha value is -14.0. The van der Waals surface area contributed by atoms with Crippen LogP contribution < -0.4 is 53.6 Å². The third-order valence-electron chi connectivity index (χ3n) is 24.4. The van der Waals surface area contributed by atoms with Gasteiger partial charge in [-0.3, -0.25) is 76.7 Å². The van der Waals surface area contributed by atoms with E-state index in [-0.39, 0.29) is 68.4 Å². The summed E-state index contributed by atoms with van der Waals surface area (Å²) in [5, 5.41) is 78.4. The number of carbonyl (C=O) groups is 16. The zero-order chi connectivity index (χ0) is 101. The lowest BCUT2D eigenvalue weighted by Crippen LogP contribution is -2.62. The lowest BCUT2D eigenvalue weighted by molar-refractivity contribution is -0.152. The maximum atomic E-state index is 15.8. The number of para-hydroxylation sites is 1. The van der Waals surface area contributed by atoms with Crippen molar-refractivity contribution in [1.82, 2.24) is 77.3 Å². The van der Waals surface area contributed by atoms with E-state index in [4.69, 9.17) is 5.73 Å². The van der Waals surface area contributed by atoms with Crippen molar-refractivity contribution in [3.05, 3.63) is 203 Å². The number of aromatic hydroxyl groups is 2. The van der Waals surface area contributed by atoms with Crippen LogP contribution in [0.15, 0.2) is 152 Å². The fraction of sp³-hybridized carbons (Fsp3) is 0.443. The van der Waals surface area contributed by atoms with Crippen molar-refractivity contribution >= 4 is 117 Å². The molecule has 3 fully saturated rings. The predicted octanol–water partition coefficient (Wildman–Crippen LogP) is 1.75. The summed E-state index contributed by atoms with van der Waals surface area (Å²) in [6, 6.07) is 13.2. The SMILES string of the molecule is CCCC[C@H]1C(=O)N2C[C@H](O)C[C@@H]2C(=O)N[C@@H](CC(=O)O)C(=O)N[C@@H](C(C)C)C(=O)N(C)[C@@H](Cc2ccccc2)C(=O)N[C@@H](Cc2ccc(O)cc2)C(=O)N2C[C@H](O)C[C@H]2C(=O)N[C@@H](Cc2c[nH]c3ccccc23)C(=O)N[C@@H](Cc2ccc(O)cc2)C(=O)N[C@@H](CC(C)C)C(=O)N[C@H](C(=O)NCC(N)=O)CSCC(=O)N[C@@H](Cc2cc(F)c(F)c(F)c2)C(=O)N(C)[C@@H](Cc2ccccc2)C(=O)N1C. The zero-order valence-electron chi connectivity index (χ0n) is 77.6. The Bertz CT molecular complexity index is 5530. The first-order chi connectivity index (χ1) is 65.6. The van der Waals surface area contributed by atoms with Gasteiger partial charge in [-0.05, 0) is 101 Å². The van der Waals surface area contributed by atoms with Crippen LogP contribution in [0.1, 0.15) is 113 Å². The summed E-state index contributed by atoms with van der Waals surface area (Å²) in [4.78, 5) is 247. The molecule has 15 amide bonds. The molecule has 0 radical (unpaired) electrons. The minimum absolute atomic E-state index is 0.141. The lowest BCUT2D eigenvalue weighted by Gasteiger charge is -2.38. The number of carboxylic acids is 1. The van der Waals surface area contributed by atoms with Gasteiger partial charge in [-0.25, -0.2) is 13.2 Å². The minimum atomic E-state index is -2.06. The molecule has 0 saturated carbocycles. The number of likely N-dealkylation sites (N-methyl/N-ethyl adjacent to an activating group) is 3. The van der Waals surface area contributed by atoms with Crippen LogP contribution in [0, 0.1) is 29.3 Å². The number of amides is 15. The van der Waals surface area contributed by atoms with Gasteiger partial charge in [0.2, 0.25) is 88.6 Å². The molecule has 1 aromatic heterocycles. The number of aliphatic hydroxyl groups excluding tert-OH is 2. The van der Waals surface area contributed by atoms with Crippen LogP contribution in [0.3, 0.4) is 0 Å². The molecule has 740 valence electrons. The highest BCUT2D eigenvalue weighted by Crippen LogP contribution is 2.30. The van der Waals surface area contributed by atoms with E-state index in [0.29, 0.717) is 69.0 Å². The molecule has 6 aromatic carbocycles. The van der Waals surface area contributed by atoms with Gasteiger partial charge in [-0.15, -0.1) is 11.8 Å². The van der Waals surface area contributed by atoms with Gasteiger partial charge >= 0.3 is 5.97 Å². The number of unbranched alkanes of at least 4 members (excludes halogenated alkanes) is 1. The highest BCUT2D eigenvalue weighted by molar-refractivity contribution is 8.00. The van der Waals surface area contributed by atoms with Gasteiger partial charge in [-0.1, -0.05) is 151 Å². The number of rotatable bonds is 23. The Morgan fingerprint density at radius 2 is 0.957 bits per heavy atom. The molecule has 0 unspecified atom stereocenters. The van der Waals surface area contributed by atoms with Gasteiger partial charge in [-0.2, -0.15) is 0 Å². The molecule has 3 aliphatic heterocycles. The molecule has 10 rings (SSSR count). The van der Waals surface area contributed by atoms with Crippen molar-refractivity contribution in [2.24, 2.45) is 17.6 Å². The minimum Gasteiger partial charge on any atom is -0.508 e. The van der Waals surface area contributed by atoms with E-state index < -0.39 is 271 Å². The molecule has 4 heterocycles. The van der Waals surface area contributed by atoms with Gasteiger partial charge in [0.15, 0.2) is 17.5 Å². The number of nitrogens with one attached hydrogen (secondary N) is 10. The van der Waals surface area contributed by atoms with E-state index >= 15 is 56.7 Å². The summed E-state index contributed by atoms with van der Waals surface area (Å²) >= 11 is 0.650. The number of H-pyrrole nitrogens is 1. The monoisotopic (exact) mass is 1930 g/mol. The summed E-state index contributed by atoms with van der Waals surface area (Å²) in [6.07, 6.45) is -5.72. The highest BCUT2D eigenvalue weighted by atomic mass is 32.2. The van der Waals surface area contributed by atoms with E-state index in [1.165, 1.54) is 76.5 Å². The number of halogens is 3. The first-order valence-electron chi connectivity index (χ1n) is 45.4. The van der Waals surface area contributed by atoms with Gasteiger partial charge < -0.3 is 109 Å². The number of hydrogen-bond acceptors (Lipinski definition) is 21. The fourth-order valence-electron chi connectivity index (χ4n) is 17.0. The van der Waals surface area contributed by atoms with Crippen molar-refractivity contribution in [2.45, 2.75) is 209 Å². The van der Waals surface area contributed by atoms with Gasteiger partial charge in [0, 0.05) is 108 Å². The maximum absolute atomic E-state index is 15.8. The molecule has 3 saturated heterocycles. The standard InChI is InChI=1S/C97H119F3N16O21S/c1-9-10-25-75-96(136)116-49-63(120)44-78(116)92(132)108-71(45-82(123)124)89(129)111-84(53(4)5)97(137)113(7)76(40-54-19-13-11-14-20-54)90(130)109-73(38-57-28-32-61(118)33-29-57)94(134)115-48-62(119)43-77(115)91(131)107-70(42-59-46-102-67-24-18-17-23-64(59)67)88(128)106-69(37-56-26-30-60(117)31-27-56)87(127)105-68(34-52(2)3)86(126)110-74(85(125)103-47-80(101)121)50-138-51-81(122)104-72(39-58-35-65(98)83(100)66(99)36-58)93(133)114(8)79(95(135)112(75)6)41-55-21-15-12-16-22-55/h11-24,26-33,35-36,46,52-53,62-63,68-79,84,102,117-120H,9-10,25,34,37-45,47-51H2,1-8H3,(H2,101,121)(H,103,125)(H,104,122)(H,105,127)(H,106,128)(H,107,131)(H,108,132)(H,109,130)(H,110,126)(H,111,129)(H,123,124)/t62-,63-,68+,69+,70+,71+,72+,73+,74+,75+,76+,77+,78-,79+,84+/m1/s1. The van der Waals surface area contributed by atoms with E-state index in [9.17, 15) is 58.7 Å². The van der Waals surface area contributed by atoms with E-state index in [2.05, 4.69) is 52.8 Å². The average Bonchev–Trinajstić information content (AvgIpc) is 1.62. The Balaban J connectivity index is 1.07. The van der Waals surface area contributed by atoms with Crippen LogP contribution in [0.25, 0.3) is 10.9 Å². The molecular weight excluding hydrogens is 1810 g/mol. The first-order valence-corrected chi connectivity index (χ1v) is 46.6. The Morgan fingerprint density at radius 1 is 0.493 bits per heavy atom. The number of nitrogens with two attached hydrogens (primary N) is 1. The molecule has 3 aliphatic rings. The number of aliphatic carboxylic acids is 1. The summed E-state index contributed by atoms with van der Waals surface area (Å²) in [5.74, 6) is -25.6. The maximum Gasteiger partial charge on any atom is 0.305 e. The average molecular weight is 1930 g/mol. The second kappa shape index (κ2) is 49.2. The lowest BCUT2D eigenvalue weighted by atomic mass is 9.98. The summed E-state index contributed by atoms with van der Waals surface area (Å²) in [6.45, 7) is 6.26. The first kappa shape index (κ1) is 106. The number of hydrogen-bond donors (Lipinski definition) is 16. The van der Waals surface area contributed by atoms with Crippen molar-refractivity contribution < 1.29 is 115 Å². The number of fused-ring (bicyclic) bond motifs is 3. The summed E-state index contributed by atoms with van der Waals surface area (Å²) in [5.41, 5.74) is 7.64. The van der Waals surface area contributed by atoms with E-state index in [1.54, 1.807) is 112 Å². The van der Waals surface area contributed by atoms with Gasteiger partial charge in [0.25, 0.3) is 0 Å². The molecule has 0 aliphatic carbocycles. The fourth-order valence-corrected chi connectivity index (χ4v) is 17.9. The number of benzene rings is 6. The number of aromatic nitrogens is 1. The molecular formula is C97H119F3N16O21S. The highest BCUT2D eigenvalue weighted by Gasteiger charge is 2.49. The number of carbonyl (C=O) groups excluding carboxylic acids is 15. The topological polar surface area (TPSA) is 541 Å². The Kier molecular flexibility index (Phi) is 37.8. The van der Waals surface area contributed by atoms with Crippen molar-refractivity contribution in [2.75, 3.05) is 52.3 Å². The largest absolute Gasteiger partial charge is 0.508 e. The van der Waals surface area contributed by atoms with E-state index in [1.807, 2.05) is 0 Å². The number of aliphatic hydroxyl groups is 2. The summed E-state index contributed by atoms with van der Waals surface area (Å²) < 4.78 is 45.2. The Labute approximate surface area is 798 Å². The second-order valence-electron chi connectivity index (χ2n) is 35.7. The Morgan fingerprint density at radius 3 is 1.51 bits per heavy atom. The number of phenols is 2. The van der Waals surface area contributed by atoms with Crippen LogP contribution in [0.2, 0.25) is 0 Å². The van der Waals surface area contributed by atoms with Crippen LogP contribution in [0.4, 0.5) is 13.2 Å². The molecule has 138 heavy (non-hydrogen) atoms. The number of primary amides is 1. The van der Waals surface area contributed by atoms with Crippen LogP contribution in [-0.4, -0.2) is 293 Å². The van der Waals surface area contributed by atoms with E-state index in [0.717, 1.165) is 31.5 Å². The third kappa shape index (κ3) is 28.8. The number of thioether (sulfide) groups is 1. The van der Waals surface area contributed by atoms with Crippen molar-refractivity contribution in [3.8, 4) is 11.5 Å². The molecule has 17 N–H and O–H groups in total. The molecule has 0 bridgehead atoms. The van der Waals surface area contributed by atoms with Crippen LogP contribution in [-0.2, 0) is 115 Å². The molecule has 37 nitrogen and oxygen atoms in total. The third-order valence-corrected chi connectivity index (χ3v) is 25.5. The molecule has 15 atom stereocenters. The van der Waals surface area contributed by atoms with Crippen molar-refractivity contribution in [1.29, 1.82) is 0 Å². The zero-order valence-corrected chi connectivity index (χ0v) is 78.4. The molecule has 7 aromatic rings.